The molecule has 31 heavy (non-hydrogen) atoms. The lowest BCUT2D eigenvalue weighted by Crippen LogP contribution is -2.66. The summed E-state index contributed by atoms with van der Waals surface area (Å²) in [6.07, 6.45) is 4.85. The summed E-state index contributed by atoms with van der Waals surface area (Å²) in [5, 5.41) is 5.17. The highest BCUT2D eigenvalue weighted by Crippen LogP contribution is 2.36. The summed E-state index contributed by atoms with van der Waals surface area (Å²) in [6, 6.07) is 14.0. The van der Waals surface area contributed by atoms with Crippen LogP contribution >= 0.6 is 0 Å². The van der Waals surface area contributed by atoms with Crippen LogP contribution in [0.5, 0.6) is 0 Å². The van der Waals surface area contributed by atoms with Gasteiger partial charge in [0, 0.05) is 19.0 Å². The van der Waals surface area contributed by atoms with Crippen molar-refractivity contribution in [2.45, 2.75) is 44.6 Å². The first-order valence-electron chi connectivity index (χ1n) is 11.2. The fourth-order valence-corrected chi connectivity index (χ4v) is 6.65. The molecule has 0 bridgehead atoms. The Hall–Kier alpha value is -2.25. The van der Waals surface area contributed by atoms with Crippen molar-refractivity contribution in [3.8, 4) is 0 Å². The molecule has 1 aliphatic carbocycles. The minimum absolute atomic E-state index is 0.0375. The van der Waals surface area contributed by atoms with Crippen molar-refractivity contribution in [2.75, 3.05) is 18.8 Å². The van der Waals surface area contributed by atoms with Crippen LogP contribution < -0.4 is 5.32 Å². The molecule has 2 fully saturated rings. The van der Waals surface area contributed by atoms with Gasteiger partial charge in [-0.25, -0.2) is 8.42 Å². The summed E-state index contributed by atoms with van der Waals surface area (Å²) in [5.41, 5.74) is 0.118. The molecular formula is C24H29N3O3S. The largest absolute Gasteiger partial charge is 0.312 e. The van der Waals surface area contributed by atoms with Crippen molar-refractivity contribution in [1.82, 2.24) is 9.62 Å². The molecule has 3 aliphatic rings. The Bertz CT molecular complexity index is 1140. The Kier molecular flexibility index (Phi) is 5.13. The first-order valence-corrected chi connectivity index (χ1v) is 12.8. The van der Waals surface area contributed by atoms with E-state index in [1.54, 1.807) is 0 Å². The maximum atomic E-state index is 12.9. The zero-order valence-electron chi connectivity index (χ0n) is 17.9. The number of sulfonamides is 1. The van der Waals surface area contributed by atoms with Crippen LogP contribution in [0.15, 0.2) is 47.5 Å². The molecule has 0 aromatic heterocycles. The van der Waals surface area contributed by atoms with E-state index in [1.165, 1.54) is 4.31 Å². The number of amides is 1. The number of rotatable bonds is 5. The number of carbonyl (C=O) groups excluding carboxylic acids is 1. The fraction of sp³-hybridized carbons (Fsp3) is 0.500. The molecule has 0 unspecified atom stereocenters. The van der Waals surface area contributed by atoms with E-state index in [2.05, 4.69) is 12.2 Å². The van der Waals surface area contributed by atoms with E-state index in [0.717, 1.165) is 53.8 Å². The number of nitrogens with zero attached hydrogens (tertiary/aromatic N) is 2. The van der Waals surface area contributed by atoms with Crippen LogP contribution in [0.25, 0.3) is 10.8 Å². The number of benzene rings is 2. The summed E-state index contributed by atoms with van der Waals surface area (Å²) < 4.78 is 27.3. The SMILES string of the molecule is C[C@H]1CC[C@H](C2=NC3(CN(S(=O)(=O)CCc4cccc5ccccc45)C3)C(=O)N2)CC1. The lowest BCUT2D eigenvalue weighted by molar-refractivity contribution is -0.127. The molecule has 7 heteroatoms. The standard InChI is InChI=1S/C24H29N3O3S/c1-17-9-11-20(12-10-17)22-25-23(28)24(26-22)15-27(16-24)31(29,30)14-13-19-7-4-6-18-5-2-3-8-21(18)19/h2-8,17,20H,9-16H2,1H3,(H,25,26,28)/t17-,20-. The molecule has 6 nitrogen and oxygen atoms in total. The predicted molar refractivity (Wildman–Crippen MR) is 122 cm³/mol. The second kappa shape index (κ2) is 7.71. The van der Waals surface area contributed by atoms with Crippen LogP contribution in [0.4, 0.5) is 0 Å². The molecule has 2 heterocycles. The Labute approximate surface area is 183 Å². The Morgan fingerprint density at radius 3 is 2.55 bits per heavy atom. The number of nitrogens with one attached hydrogen (secondary N) is 1. The lowest BCUT2D eigenvalue weighted by atomic mass is 9.82. The third kappa shape index (κ3) is 3.78. The zero-order chi connectivity index (χ0) is 21.6. The third-order valence-corrected chi connectivity index (χ3v) is 8.94. The molecule has 2 aliphatic heterocycles. The average Bonchev–Trinajstić information content (AvgIpc) is 3.09. The average molecular weight is 440 g/mol. The van der Waals surface area contributed by atoms with Crippen molar-refractivity contribution in [1.29, 1.82) is 0 Å². The minimum Gasteiger partial charge on any atom is -0.312 e. The molecule has 1 saturated heterocycles. The van der Waals surface area contributed by atoms with Gasteiger partial charge in [-0.15, -0.1) is 0 Å². The molecule has 0 atom stereocenters. The number of aryl methyl sites for hydroxylation is 1. The Balaban J connectivity index is 1.24. The number of hydrogen-bond donors (Lipinski definition) is 1. The van der Waals surface area contributed by atoms with Crippen molar-refractivity contribution < 1.29 is 13.2 Å². The van der Waals surface area contributed by atoms with Crippen molar-refractivity contribution in [2.24, 2.45) is 16.8 Å². The topological polar surface area (TPSA) is 78.8 Å². The minimum atomic E-state index is -3.44. The van der Waals surface area contributed by atoms with Gasteiger partial charge in [0.15, 0.2) is 5.54 Å². The molecule has 1 amide bonds. The van der Waals surface area contributed by atoms with Crippen molar-refractivity contribution >= 4 is 32.5 Å². The second-order valence-electron chi connectivity index (χ2n) is 9.41. The maximum Gasteiger partial charge on any atom is 0.256 e. The normalized spacial score (nSPS) is 26.0. The van der Waals surface area contributed by atoms with Gasteiger partial charge in [0.1, 0.15) is 5.84 Å². The van der Waals surface area contributed by atoms with E-state index in [-0.39, 0.29) is 24.7 Å². The van der Waals surface area contributed by atoms with E-state index in [9.17, 15) is 13.2 Å². The number of carbonyl (C=O) groups is 1. The third-order valence-electron chi connectivity index (χ3n) is 7.18. The monoisotopic (exact) mass is 439 g/mol. The van der Waals surface area contributed by atoms with Gasteiger partial charge >= 0.3 is 0 Å². The molecule has 1 spiro atoms. The lowest BCUT2D eigenvalue weighted by Gasteiger charge is -2.42. The second-order valence-corrected chi connectivity index (χ2v) is 11.5. The summed E-state index contributed by atoms with van der Waals surface area (Å²) in [4.78, 5) is 17.4. The van der Waals surface area contributed by atoms with Crippen molar-refractivity contribution in [3.63, 3.8) is 0 Å². The van der Waals surface area contributed by atoms with E-state index >= 15 is 0 Å². The highest BCUT2D eigenvalue weighted by Gasteiger charge is 2.56. The fourth-order valence-electron chi connectivity index (χ4n) is 5.10. The molecule has 2 aromatic carbocycles. The number of hydrogen-bond acceptors (Lipinski definition) is 4. The summed E-state index contributed by atoms with van der Waals surface area (Å²) in [5.74, 6) is 1.72. The molecular weight excluding hydrogens is 410 g/mol. The Morgan fingerprint density at radius 2 is 1.77 bits per heavy atom. The summed E-state index contributed by atoms with van der Waals surface area (Å²) in [6.45, 7) is 2.58. The highest BCUT2D eigenvalue weighted by atomic mass is 32.2. The molecule has 1 saturated carbocycles. The van der Waals surface area contributed by atoms with Crippen LogP contribution in [0.1, 0.15) is 38.2 Å². The number of fused-ring (bicyclic) bond motifs is 1. The van der Waals surface area contributed by atoms with E-state index < -0.39 is 15.6 Å². The summed E-state index contributed by atoms with van der Waals surface area (Å²) in [7, 11) is -3.44. The van der Waals surface area contributed by atoms with Crippen LogP contribution in [0, 0.1) is 11.8 Å². The highest BCUT2D eigenvalue weighted by molar-refractivity contribution is 7.89. The van der Waals surface area contributed by atoms with E-state index in [0.29, 0.717) is 12.3 Å². The van der Waals surface area contributed by atoms with E-state index in [1.807, 2.05) is 42.5 Å². The quantitative estimate of drug-likeness (QED) is 0.777. The molecule has 5 rings (SSSR count). The summed E-state index contributed by atoms with van der Waals surface area (Å²) >= 11 is 0. The van der Waals surface area contributed by atoms with Crippen molar-refractivity contribution in [3.05, 3.63) is 48.0 Å². The van der Waals surface area contributed by atoms with Gasteiger partial charge in [0.2, 0.25) is 10.0 Å². The molecule has 1 N–H and O–H groups in total. The predicted octanol–water partition coefficient (Wildman–Crippen LogP) is 3.12. The van der Waals surface area contributed by atoms with Gasteiger partial charge in [0.05, 0.1) is 5.75 Å². The zero-order valence-corrected chi connectivity index (χ0v) is 18.7. The van der Waals surface area contributed by atoms with E-state index in [4.69, 9.17) is 4.99 Å². The van der Waals surface area contributed by atoms with Crippen LogP contribution in [0.3, 0.4) is 0 Å². The first kappa shape index (κ1) is 20.6. The Morgan fingerprint density at radius 1 is 1.06 bits per heavy atom. The van der Waals surface area contributed by atoms with Crippen LogP contribution in [-0.4, -0.2) is 48.8 Å². The van der Waals surface area contributed by atoms with Gasteiger partial charge in [0.25, 0.3) is 5.91 Å². The van der Waals surface area contributed by atoms with Gasteiger partial charge in [-0.2, -0.15) is 4.31 Å². The van der Waals surface area contributed by atoms with Gasteiger partial charge in [-0.3, -0.25) is 9.79 Å². The van der Waals surface area contributed by atoms with Crippen LogP contribution in [-0.2, 0) is 21.2 Å². The van der Waals surface area contributed by atoms with Gasteiger partial charge < -0.3 is 5.32 Å². The van der Waals surface area contributed by atoms with Gasteiger partial charge in [-0.05, 0) is 41.5 Å². The number of aliphatic imine (C=N–C) groups is 1. The first-order chi connectivity index (χ1) is 14.9. The smallest absolute Gasteiger partial charge is 0.256 e. The maximum absolute atomic E-state index is 12.9. The van der Waals surface area contributed by atoms with Gasteiger partial charge in [-0.1, -0.05) is 62.2 Å². The van der Waals surface area contributed by atoms with Crippen LogP contribution in [0.2, 0.25) is 0 Å². The number of amidine groups is 1. The molecule has 2 aromatic rings. The molecule has 0 radical (unpaired) electrons. The molecule has 164 valence electrons.